The summed E-state index contributed by atoms with van der Waals surface area (Å²) >= 11 is 0. The molecule has 2 N–H and O–H groups in total. The topological polar surface area (TPSA) is 135 Å². The van der Waals surface area contributed by atoms with Gasteiger partial charge in [-0.2, -0.15) is 0 Å². The zero-order valence-electron chi connectivity index (χ0n) is 11.6. The zero-order valence-corrected chi connectivity index (χ0v) is 13.2. The minimum Gasteiger partial charge on any atom is -0.477 e. The summed E-state index contributed by atoms with van der Waals surface area (Å²) in [6.07, 6.45) is 0. The first-order valence-corrected chi connectivity index (χ1v) is 8.65. The summed E-state index contributed by atoms with van der Waals surface area (Å²) in [5.74, 6) is -2.74. The van der Waals surface area contributed by atoms with Gasteiger partial charge in [-0.1, -0.05) is 18.2 Å². The molecule has 0 spiro atoms. The van der Waals surface area contributed by atoms with E-state index >= 15 is 0 Å². The molecule has 122 valence electrons. The van der Waals surface area contributed by atoms with Crippen LogP contribution in [0.3, 0.4) is 0 Å². The third kappa shape index (κ3) is 2.63. The number of rotatable bonds is 3. The van der Waals surface area contributed by atoms with Crippen molar-refractivity contribution in [3.63, 3.8) is 0 Å². The maximum atomic E-state index is 11.8. The van der Waals surface area contributed by atoms with E-state index in [9.17, 15) is 18.0 Å². The SMILES string of the molecule is O=C(O)c1ccc2ccc3c(S(=O)(=O)Cl)cc(C(=O)O)nc3c2n1. The Kier molecular flexibility index (Phi) is 3.61. The molecule has 1 aromatic carbocycles. The van der Waals surface area contributed by atoms with Gasteiger partial charge in [-0.05, 0) is 12.1 Å². The molecule has 3 rings (SSSR count). The summed E-state index contributed by atoms with van der Waals surface area (Å²) in [5.41, 5.74) is -0.823. The van der Waals surface area contributed by atoms with Crippen LogP contribution in [0.5, 0.6) is 0 Å². The Hall–Kier alpha value is -2.78. The predicted octanol–water partition coefficient (Wildman–Crippen LogP) is 2.11. The smallest absolute Gasteiger partial charge is 0.354 e. The lowest BCUT2D eigenvalue weighted by Gasteiger charge is -2.08. The molecule has 0 fully saturated rings. The van der Waals surface area contributed by atoms with Crippen molar-refractivity contribution in [3.8, 4) is 0 Å². The highest BCUT2D eigenvalue weighted by Gasteiger charge is 2.21. The minimum absolute atomic E-state index is 0.0533. The van der Waals surface area contributed by atoms with Crippen LogP contribution in [0, 0.1) is 0 Å². The molecule has 0 aliphatic rings. The third-order valence-corrected chi connectivity index (χ3v) is 4.66. The molecule has 0 radical (unpaired) electrons. The van der Waals surface area contributed by atoms with Crippen molar-refractivity contribution >= 4 is 53.5 Å². The Bertz CT molecular complexity index is 1140. The molecule has 24 heavy (non-hydrogen) atoms. The van der Waals surface area contributed by atoms with Gasteiger partial charge in [0, 0.05) is 21.5 Å². The number of carboxylic acids is 2. The number of hydrogen-bond donors (Lipinski definition) is 2. The van der Waals surface area contributed by atoms with E-state index in [1.807, 2.05) is 0 Å². The van der Waals surface area contributed by atoms with Crippen LogP contribution in [0.2, 0.25) is 0 Å². The van der Waals surface area contributed by atoms with Gasteiger partial charge in [0.25, 0.3) is 9.05 Å². The lowest BCUT2D eigenvalue weighted by atomic mass is 10.1. The number of carboxylic acid groups (broad SMARTS) is 2. The summed E-state index contributed by atoms with van der Waals surface area (Å²) in [4.78, 5) is 29.7. The molecule has 0 saturated carbocycles. The first-order chi connectivity index (χ1) is 11.2. The van der Waals surface area contributed by atoms with Crippen LogP contribution in [0.15, 0.2) is 35.2 Å². The molecule has 0 unspecified atom stereocenters. The highest BCUT2D eigenvalue weighted by atomic mass is 35.7. The van der Waals surface area contributed by atoms with Gasteiger partial charge < -0.3 is 10.2 Å². The number of fused-ring (bicyclic) bond motifs is 3. The van der Waals surface area contributed by atoms with Crippen LogP contribution in [0.25, 0.3) is 21.8 Å². The lowest BCUT2D eigenvalue weighted by Crippen LogP contribution is -2.06. The molecule has 0 aliphatic carbocycles. The summed E-state index contributed by atoms with van der Waals surface area (Å²) in [6, 6.07) is 6.52. The highest BCUT2D eigenvalue weighted by Crippen LogP contribution is 2.30. The Morgan fingerprint density at radius 2 is 1.50 bits per heavy atom. The monoisotopic (exact) mass is 366 g/mol. The number of halogens is 1. The van der Waals surface area contributed by atoms with E-state index in [1.54, 1.807) is 0 Å². The van der Waals surface area contributed by atoms with Crippen LogP contribution < -0.4 is 0 Å². The van der Waals surface area contributed by atoms with Crippen LogP contribution >= 0.6 is 10.7 Å². The maximum absolute atomic E-state index is 11.8. The average molecular weight is 367 g/mol. The number of aromatic nitrogens is 2. The molecule has 0 bridgehead atoms. The van der Waals surface area contributed by atoms with Gasteiger partial charge in [0.2, 0.25) is 0 Å². The van der Waals surface area contributed by atoms with E-state index < -0.39 is 31.6 Å². The number of hydrogen-bond acceptors (Lipinski definition) is 6. The number of pyridine rings is 2. The molecule has 0 atom stereocenters. The van der Waals surface area contributed by atoms with Crippen LogP contribution in [0.1, 0.15) is 21.0 Å². The van der Waals surface area contributed by atoms with Crippen LogP contribution in [-0.4, -0.2) is 40.5 Å². The van der Waals surface area contributed by atoms with Gasteiger partial charge >= 0.3 is 11.9 Å². The molecule has 0 amide bonds. The highest BCUT2D eigenvalue weighted by molar-refractivity contribution is 8.14. The molecular formula is C14H7ClN2O6S. The fourth-order valence-corrected chi connectivity index (χ4v) is 3.33. The van der Waals surface area contributed by atoms with Crippen LogP contribution in [-0.2, 0) is 9.05 Å². The Morgan fingerprint density at radius 1 is 0.917 bits per heavy atom. The molecular weight excluding hydrogens is 360 g/mol. The van der Waals surface area contributed by atoms with E-state index in [1.165, 1.54) is 24.3 Å². The molecule has 0 aliphatic heterocycles. The van der Waals surface area contributed by atoms with Crippen molar-refractivity contribution in [2.75, 3.05) is 0 Å². The normalized spacial score (nSPS) is 11.7. The van der Waals surface area contributed by atoms with Gasteiger partial charge in [0.15, 0.2) is 0 Å². The van der Waals surface area contributed by atoms with Gasteiger partial charge in [0.1, 0.15) is 11.4 Å². The fourth-order valence-electron chi connectivity index (χ4n) is 2.27. The summed E-state index contributed by atoms with van der Waals surface area (Å²) in [6.45, 7) is 0. The van der Waals surface area contributed by atoms with Gasteiger partial charge in [-0.25, -0.2) is 28.0 Å². The second-order valence-electron chi connectivity index (χ2n) is 4.78. The van der Waals surface area contributed by atoms with Crippen molar-refractivity contribution in [2.45, 2.75) is 4.90 Å². The third-order valence-electron chi connectivity index (χ3n) is 3.30. The van der Waals surface area contributed by atoms with Crippen molar-refractivity contribution in [1.82, 2.24) is 9.97 Å². The standard InChI is InChI=1S/C14H7ClN2O6S/c15-24(22,23)10-5-9(14(20)21)17-12-7(10)3-1-6-2-4-8(13(18)19)16-11(6)12/h1-5H,(H,18,19)(H,20,21). The summed E-state index contributed by atoms with van der Waals surface area (Å²) < 4.78 is 23.5. The maximum Gasteiger partial charge on any atom is 0.354 e. The second-order valence-corrected chi connectivity index (χ2v) is 7.32. The molecule has 0 saturated heterocycles. The van der Waals surface area contributed by atoms with E-state index in [2.05, 4.69) is 9.97 Å². The molecule has 10 heteroatoms. The number of carbonyl (C=O) groups is 2. The summed E-state index contributed by atoms with van der Waals surface area (Å²) in [5, 5.41) is 18.7. The van der Waals surface area contributed by atoms with Crippen molar-refractivity contribution in [1.29, 1.82) is 0 Å². The molecule has 3 aromatic rings. The van der Waals surface area contributed by atoms with Gasteiger partial charge in [-0.15, -0.1) is 0 Å². The average Bonchev–Trinajstić information content (AvgIpc) is 2.51. The fraction of sp³-hybridized carbons (Fsp3) is 0. The predicted molar refractivity (Wildman–Crippen MR) is 84.0 cm³/mol. The largest absolute Gasteiger partial charge is 0.477 e. The second kappa shape index (κ2) is 5.39. The molecule has 2 aromatic heterocycles. The Morgan fingerprint density at radius 3 is 2.08 bits per heavy atom. The molecule has 2 heterocycles. The Labute approximate surface area is 138 Å². The first-order valence-electron chi connectivity index (χ1n) is 6.34. The number of aromatic carboxylic acids is 2. The summed E-state index contributed by atoms with van der Waals surface area (Å²) in [7, 11) is 1.13. The van der Waals surface area contributed by atoms with E-state index in [0.717, 1.165) is 6.07 Å². The van der Waals surface area contributed by atoms with Gasteiger partial charge in [0.05, 0.1) is 15.9 Å². The zero-order chi connectivity index (χ0) is 17.6. The van der Waals surface area contributed by atoms with Crippen LogP contribution in [0.4, 0.5) is 0 Å². The number of nitrogens with zero attached hydrogens (tertiary/aromatic N) is 2. The van der Waals surface area contributed by atoms with E-state index in [-0.39, 0.29) is 22.1 Å². The first kappa shape index (κ1) is 16.1. The quantitative estimate of drug-likeness (QED) is 0.531. The number of benzene rings is 1. The van der Waals surface area contributed by atoms with E-state index in [0.29, 0.717) is 5.39 Å². The minimum atomic E-state index is -4.26. The lowest BCUT2D eigenvalue weighted by molar-refractivity contribution is 0.0680. The van der Waals surface area contributed by atoms with Crippen molar-refractivity contribution < 1.29 is 28.2 Å². The van der Waals surface area contributed by atoms with Crippen molar-refractivity contribution in [3.05, 3.63) is 41.7 Å². The van der Waals surface area contributed by atoms with Crippen molar-refractivity contribution in [2.24, 2.45) is 0 Å². The Balaban J connectivity index is 2.55. The van der Waals surface area contributed by atoms with Gasteiger partial charge in [-0.3, -0.25) is 0 Å². The van der Waals surface area contributed by atoms with E-state index in [4.69, 9.17) is 20.9 Å². The molecule has 8 nitrogen and oxygen atoms in total.